The molecule has 2 fully saturated rings. The number of piperazine rings is 1. The van der Waals surface area contributed by atoms with Gasteiger partial charge in [0.05, 0.1) is 12.6 Å². The lowest BCUT2D eigenvalue weighted by atomic mass is 9.96. The summed E-state index contributed by atoms with van der Waals surface area (Å²) < 4.78 is 41.4. The number of quaternary nitrogens is 1. The van der Waals surface area contributed by atoms with E-state index in [0.717, 1.165) is 22.0 Å². The third-order valence-electron chi connectivity index (χ3n) is 6.84. The summed E-state index contributed by atoms with van der Waals surface area (Å²) in [5.41, 5.74) is 0.728. The zero-order chi connectivity index (χ0) is 27.9. The van der Waals surface area contributed by atoms with Gasteiger partial charge in [-0.05, 0) is 49.7 Å². The standard InChI is InChI=1S/C25H27Cl2FN4O5S/c1-14(2)30-13-23-31(38(36,37)22-9-8-18(27)11-19(22)28)12-20(29-15(3)33)24(34)32(23)21(25(30)35)10-16-4-6-17(26)7-5-16/h4-9,11,14,20-21,23H,10,12-13H2,1-3H3,(H,29,33)/p+2. The number of nitrogens with one attached hydrogen (secondary N) is 2. The van der Waals surface area contributed by atoms with E-state index >= 15 is 0 Å². The second-order valence-corrected chi connectivity index (χ2v) is 12.5. The Balaban J connectivity index is 1.85. The van der Waals surface area contributed by atoms with Gasteiger partial charge >= 0.3 is 15.9 Å². The first-order valence-corrected chi connectivity index (χ1v) is 14.3. The van der Waals surface area contributed by atoms with Gasteiger partial charge in [-0.2, -0.15) is 4.21 Å². The molecule has 4 rings (SSSR count). The van der Waals surface area contributed by atoms with Crippen LogP contribution in [0.15, 0.2) is 47.4 Å². The zero-order valence-electron chi connectivity index (χ0n) is 21.0. The molecule has 2 heterocycles. The van der Waals surface area contributed by atoms with Gasteiger partial charge in [0.15, 0.2) is 17.1 Å². The Labute approximate surface area is 230 Å². The molecule has 2 aliphatic rings. The maximum absolute atomic E-state index is 14.9. The van der Waals surface area contributed by atoms with E-state index < -0.39 is 50.8 Å². The molecule has 5 atom stereocenters. The van der Waals surface area contributed by atoms with Gasteiger partial charge in [-0.1, -0.05) is 35.3 Å². The Hall–Kier alpha value is -2.57. The summed E-state index contributed by atoms with van der Waals surface area (Å²) >= 11 is 11.9. The van der Waals surface area contributed by atoms with Crippen molar-refractivity contribution in [2.75, 3.05) is 13.1 Å². The number of nitrogens with zero attached hydrogens (tertiary/aromatic N) is 2. The molecular formula is C25H29Cl2FN4O5S+2. The molecule has 0 aliphatic carbocycles. The number of halogens is 3. The van der Waals surface area contributed by atoms with Crippen LogP contribution in [0.25, 0.3) is 0 Å². The van der Waals surface area contributed by atoms with Gasteiger partial charge in [0.1, 0.15) is 18.4 Å². The highest BCUT2D eigenvalue weighted by molar-refractivity contribution is 7.89. The number of hydrogen-bond donors (Lipinski definition) is 2. The Morgan fingerprint density at radius 1 is 1.18 bits per heavy atom. The fourth-order valence-electron chi connectivity index (χ4n) is 5.04. The number of rotatable bonds is 6. The number of carbonyl (C=O) groups is 3. The lowest BCUT2D eigenvalue weighted by molar-refractivity contribution is -0.853. The van der Waals surface area contributed by atoms with Crippen LogP contribution in [0.3, 0.4) is 0 Å². The van der Waals surface area contributed by atoms with Gasteiger partial charge in [-0.3, -0.25) is 14.5 Å². The van der Waals surface area contributed by atoms with E-state index in [2.05, 4.69) is 5.32 Å². The average Bonchev–Trinajstić information content (AvgIpc) is 2.82. The molecule has 13 heteroatoms. The van der Waals surface area contributed by atoms with Crippen LogP contribution >= 0.6 is 23.2 Å². The second-order valence-electron chi connectivity index (χ2n) is 9.74. The topological polar surface area (TPSA) is 113 Å². The van der Waals surface area contributed by atoms with E-state index in [-0.39, 0.29) is 36.5 Å². The van der Waals surface area contributed by atoms with Gasteiger partial charge in [-0.15, -0.1) is 4.31 Å². The Kier molecular flexibility index (Phi) is 8.15. The third kappa shape index (κ3) is 5.43. The van der Waals surface area contributed by atoms with Gasteiger partial charge in [0.2, 0.25) is 11.8 Å². The molecular weight excluding hydrogens is 558 g/mol. The summed E-state index contributed by atoms with van der Waals surface area (Å²) in [7, 11) is -4.28. The highest BCUT2D eigenvalue weighted by Crippen LogP contribution is 2.30. The molecule has 3 amide bonds. The van der Waals surface area contributed by atoms with E-state index in [0.29, 0.717) is 9.92 Å². The van der Waals surface area contributed by atoms with Crippen molar-refractivity contribution in [1.82, 2.24) is 14.5 Å². The highest BCUT2D eigenvalue weighted by Gasteiger charge is 2.58. The molecule has 0 spiro atoms. The maximum Gasteiger partial charge on any atom is 0.380 e. The van der Waals surface area contributed by atoms with Gasteiger partial charge in [0.25, 0.3) is 0 Å². The zero-order valence-corrected chi connectivity index (χ0v) is 23.3. The molecule has 2 aromatic rings. The quantitative estimate of drug-likeness (QED) is 0.498. The van der Waals surface area contributed by atoms with E-state index in [4.69, 9.17) is 23.2 Å². The second kappa shape index (κ2) is 10.9. The van der Waals surface area contributed by atoms with Crippen LogP contribution in [0.2, 0.25) is 10.0 Å². The summed E-state index contributed by atoms with van der Waals surface area (Å²) in [5, 5.41) is 3.08. The lowest BCUT2D eigenvalue weighted by Crippen LogP contribution is -3.22. The highest BCUT2D eigenvalue weighted by atomic mass is 35.5. The van der Waals surface area contributed by atoms with E-state index in [1.165, 1.54) is 17.9 Å². The minimum Gasteiger partial charge on any atom is -0.343 e. The lowest BCUT2D eigenvalue weighted by Gasteiger charge is -2.50. The summed E-state index contributed by atoms with van der Waals surface area (Å²) in [6, 6.07) is 7.74. The fourth-order valence-corrected chi connectivity index (χ4v) is 6.99. The predicted molar refractivity (Wildman–Crippen MR) is 140 cm³/mol. The first-order chi connectivity index (χ1) is 17.8. The molecule has 2 saturated heterocycles. The van der Waals surface area contributed by atoms with E-state index in [1.54, 1.807) is 24.3 Å². The first-order valence-electron chi connectivity index (χ1n) is 12.0. The molecule has 0 radical (unpaired) electrons. The summed E-state index contributed by atoms with van der Waals surface area (Å²) in [5.74, 6) is -2.33. The van der Waals surface area contributed by atoms with Gasteiger partial charge < -0.3 is 10.2 Å². The molecule has 0 aromatic heterocycles. The number of benzene rings is 2. The minimum absolute atomic E-state index is 0.00108. The van der Waals surface area contributed by atoms with Crippen LogP contribution in [0.4, 0.5) is 4.39 Å². The SMILES string of the molecule is CC(=O)NC1CN(S(=O)(=[OH+])c2ccc(Cl)cc2F)C2C[NH+](C(C)C)C(=O)C(Cc3ccc(Cl)cc3)N2C1=O. The smallest absolute Gasteiger partial charge is 0.343 e. The number of hydrogen-bond acceptors (Lipinski definition) is 4. The predicted octanol–water partition coefficient (Wildman–Crippen LogP) is 1.40. The molecule has 5 unspecified atom stereocenters. The van der Waals surface area contributed by atoms with Crippen LogP contribution in [0.5, 0.6) is 0 Å². The van der Waals surface area contributed by atoms with Crippen LogP contribution < -0.4 is 10.2 Å². The van der Waals surface area contributed by atoms with E-state index in [1.807, 2.05) is 13.8 Å². The van der Waals surface area contributed by atoms with Crippen molar-refractivity contribution in [2.24, 2.45) is 0 Å². The molecule has 0 saturated carbocycles. The summed E-state index contributed by atoms with van der Waals surface area (Å²) in [6.07, 6.45) is -0.913. The average molecular weight is 588 g/mol. The minimum atomic E-state index is -4.28. The van der Waals surface area contributed by atoms with Crippen molar-refractivity contribution in [2.45, 2.75) is 56.4 Å². The van der Waals surface area contributed by atoms with Crippen molar-refractivity contribution in [3.05, 3.63) is 63.9 Å². The van der Waals surface area contributed by atoms with Crippen molar-refractivity contribution >= 4 is 50.9 Å². The molecule has 2 aromatic carbocycles. The van der Waals surface area contributed by atoms with Crippen molar-refractivity contribution in [1.29, 1.82) is 0 Å². The first kappa shape index (κ1) is 28.4. The Morgan fingerprint density at radius 3 is 2.39 bits per heavy atom. The van der Waals surface area contributed by atoms with Crippen molar-refractivity contribution in [3.63, 3.8) is 0 Å². The van der Waals surface area contributed by atoms with Crippen molar-refractivity contribution < 1.29 is 32.1 Å². The Morgan fingerprint density at radius 2 is 1.82 bits per heavy atom. The summed E-state index contributed by atoms with van der Waals surface area (Å²) in [6.45, 7) is 4.54. The van der Waals surface area contributed by atoms with Gasteiger partial charge in [-0.25, -0.2) is 13.4 Å². The largest absolute Gasteiger partial charge is 0.380 e. The molecule has 38 heavy (non-hydrogen) atoms. The van der Waals surface area contributed by atoms with E-state index in [9.17, 15) is 27.2 Å². The maximum atomic E-state index is 14.9. The number of carbonyl (C=O) groups excluding carboxylic acids is 3. The molecule has 0 bridgehead atoms. The molecule has 204 valence electrons. The van der Waals surface area contributed by atoms with Crippen LogP contribution in [0.1, 0.15) is 26.3 Å². The van der Waals surface area contributed by atoms with Crippen LogP contribution in [-0.2, 0) is 30.8 Å². The van der Waals surface area contributed by atoms with Crippen LogP contribution in [0, 0.1) is 5.82 Å². The summed E-state index contributed by atoms with van der Waals surface area (Å²) in [4.78, 5) is 40.7. The molecule has 9 nitrogen and oxygen atoms in total. The van der Waals surface area contributed by atoms with Crippen molar-refractivity contribution in [3.8, 4) is 0 Å². The fraction of sp³-hybridized carbons (Fsp3) is 0.400. The Bertz CT molecular complexity index is 1370. The molecule has 3 N–H and O–H groups in total. The number of amides is 3. The normalized spacial score (nSPS) is 25.7. The van der Waals surface area contributed by atoms with Gasteiger partial charge in [0, 0.05) is 23.4 Å². The number of fused-ring (bicyclic) bond motifs is 1. The third-order valence-corrected chi connectivity index (χ3v) is 9.26. The molecule has 2 aliphatic heterocycles. The monoisotopic (exact) mass is 586 g/mol. The van der Waals surface area contributed by atoms with Crippen LogP contribution in [-0.4, -0.2) is 72.7 Å².